The van der Waals surface area contributed by atoms with Crippen molar-refractivity contribution in [3.8, 4) is 11.5 Å². The van der Waals surface area contributed by atoms with Gasteiger partial charge in [-0.3, -0.25) is 0 Å². The second kappa shape index (κ2) is 5.74. The van der Waals surface area contributed by atoms with Crippen LogP contribution in [0.1, 0.15) is 17.2 Å². The summed E-state index contributed by atoms with van der Waals surface area (Å²) in [5.41, 5.74) is 1.97. The van der Waals surface area contributed by atoms with E-state index in [-0.39, 0.29) is 18.0 Å². The van der Waals surface area contributed by atoms with Crippen LogP contribution in [0, 0.1) is 12.7 Å². The molecule has 110 valence electrons. The Bertz CT molecular complexity index is 644. The first-order chi connectivity index (χ1) is 10.2. The maximum Gasteiger partial charge on any atom is 0.152 e. The molecule has 0 amide bonds. The highest BCUT2D eigenvalue weighted by molar-refractivity contribution is 5.39. The lowest BCUT2D eigenvalue weighted by atomic mass is 9.98. The molecule has 1 aliphatic rings. The van der Waals surface area contributed by atoms with Gasteiger partial charge in [0, 0.05) is 11.6 Å². The normalized spacial score (nSPS) is 20.5. The minimum absolute atomic E-state index is 0.0117. The van der Waals surface area contributed by atoms with E-state index in [4.69, 9.17) is 9.47 Å². The summed E-state index contributed by atoms with van der Waals surface area (Å²) in [4.78, 5) is 0. The molecule has 0 aromatic heterocycles. The van der Waals surface area contributed by atoms with E-state index in [0.717, 1.165) is 16.9 Å². The van der Waals surface area contributed by atoms with Gasteiger partial charge in [-0.15, -0.1) is 0 Å². The second-order valence-corrected chi connectivity index (χ2v) is 5.18. The highest BCUT2D eigenvalue weighted by Crippen LogP contribution is 2.34. The number of likely N-dealkylation sites (N-methyl/N-ethyl adjacent to an activating group) is 1. The molecule has 0 radical (unpaired) electrons. The maximum absolute atomic E-state index is 13.4. The van der Waals surface area contributed by atoms with E-state index in [2.05, 4.69) is 5.32 Å². The summed E-state index contributed by atoms with van der Waals surface area (Å²) in [6, 6.07) is 12.5. The average molecular weight is 287 g/mol. The Morgan fingerprint density at radius 1 is 1.24 bits per heavy atom. The van der Waals surface area contributed by atoms with Gasteiger partial charge in [-0.2, -0.15) is 0 Å². The van der Waals surface area contributed by atoms with Crippen molar-refractivity contribution in [3.63, 3.8) is 0 Å². The number of rotatable bonds is 3. The summed E-state index contributed by atoms with van der Waals surface area (Å²) in [5.74, 6) is 1.13. The van der Waals surface area contributed by atoms with E-state index in [1.165, 1.54) is 12.1 Å². The molecule has 1 N–H and O–H groups in total. The van der Waals surface area contributed by atoms with Gasteiger partial charge in [-0.25, -0.2) is 4.39 Å². The summed E-state index contributed by atoms with van der Waals surface area (Å²) in [5, 5.41) is 3.27. The fourth-order valence-corrected chi connectivity index (χ4v) is 2.64. The van der Waals surface area contributed by atoms with Crippen LogP contribution in [0.4, 0.5) is 4.39 Å². The van der Waals surface area contributed by atoms with E-state index in [0.29, 0.717) is 12.4 Å². The predicted molar refractivity (Wildman–Crippen MR) is 79.3 cm³/mol. The fourth-order valence-electron chi connectivity index (χ4n) is 2.64. The van der Waals surface area contributed by atoms with Gasteiger partial charge >= 0.3 is 0 Å². The molecule has 0 spiro atoms. The molecular weight excluding hydrogens is 269 g/mol. The molecule has 0 bridgehead atoms. The van der Waals surface area contributed by atoms with Crippen LogP contribution in [-0.4, -0.2) is 19.8 Å². The Morgan fingerprint density at radius 3 is 2.86 bits per heavy atom. The van der Waals surface area contributed by atoms with Crippen LogP contribution in [0.2, 0.25) is 0 Å². The quantitative estimate of drug-likeness (QED) is 0.940. The van der Waals surface area contributed by atoms with Crippen molar-refractivity contribution in [2.24, 2.45) is 0 Å². The van der Waals surface area contributed by atoms with Crippen molar-refractivity contribution in [1.82, 2.24) is 5.32 Å². The van der Waals surface area contributed by atoms with Gasteiger partial charge in [0.25, 0.3) is 0 Å². The number of aryl methyl sites for hydroxylation is 1. The van der Waals surface area contributed by atoms with E-state index in [1.54, 1.807) is 6.07 Å². The van der Waals surface area contributed by atoms with E-state index < -0.39 is 0 Å². The van der Waals surface area contributed by atoms with Crippen LogP contribution in [0.3, 0.4) is 0 Å². The highest BCUT2D eigenvalue weighted by atomic mass is 19.1. The zero-order valence-corrected chi connectivity index (χ0v) is 12.1. The van der Waals surface area contributed by atoms with Gasteiger partial charge in [0.05, 0.1) is 6.04 Å². The summed E-state index contributed by atoms with van der Waals surface area (Å²) in [6.45, 7) is 2.33. The SMILES string of the molecule is CNC1c2ccccc2OCC1Oc1cc(F)ccc1C. The Kier molecular flexibility index (Phi) is 3.80. The third-order valence-corrected chi connectivity index (χ3v) is 3.77. The molecule has 0 aliphatic carbocycles. The van der Waals surface area contributed by atoms with Crippen LogP contribution in [0.5, 0.6) is 11.5 Å². The van der Waals surface area contributed by atoms with Gasteiger partial charge in [-0.1, -0.05) is 24.3 Å². The average Bonchev–Trinajstić information content (AvgIpc) is 2.50. The molecule has 2 aromatic carbocycles. The maximum atomic E-state index is 13.4. The summed E-state index contributed by atoms with van der Waals surface area (Å²) >= 11 is 0. The Hall–Kier alpha value is -2.07. The third-order valence-electron chi connectivity index (χ3n) is 3.77. The number of hydrogen-bond acceptors (Lipinski definition) is 3. The van der Waals surface area contributed by atoms with E-state index in [9.17, 15) is 4.39 Å². The van der Waals surface area contributed by atoms with E-state index in [1.807, 2.05) is 38.2 Å². The molecule has 3 nitrogen and oxygen atoms in total. The fraction of sp³-hybridized carbons (Fsp3) is 0.294. The lowest BCUT2D eigenvalue weighted by Crippen LogP contribution is -2.41. The molecule has 1 aliphatic heterocycles. The van der Waals surface area contributed by atoms with Crippen LogP contribution in [0.15, 0.2) is 42.5 Å². The lowest BCUT2D eigenvalue weighted by molar-refractivity contribution is 0.0765. The highest BCUT2D eigenvalue weighted by Gasteiger charge is 2.31. The summed E-state index contributed by atoms with van der Waals surface area (Å²) in [7, 11) is 1.89. The number of ether oxygens (including phenoxy) is 2. The first-order valence-electron chi connectivity index (χ1n) is 7.01. The summed E-state index contributed by atoms with van der Waals surface area (Å²) < 4.78 is 25.1. The molecular formula is C17H18FNO2. The largest absolute Gasteiger partial charge is 0.489 e. The molecule has 4 heteroatoms. The van der Waals surface area contributed by atoms with Crippen LogP contribution < -0.4 is 14.8 Å². The van der Waals surface area contributed by atoms with Gasteiger partial charge < -0.3 is 14.8 Å². The number of hydrogen-bond donors (Lipinski definition) is 1. The van der Waals surface area contributed by atoms with Crippen molar-refractivity contribution in [3.05, 3.63) is 59.4 Å². The molecule has 2 aromatic rings. The molecule has 0 saturated heterocycles. The van der Waals surface area contributed by atoms with Crippen molar-refractivity contribution in [2.75, 3.05) is 13.7 Å². The monoisotopic (exact) mass is 287 g/mol. The van der Waals surface area contributed by atoms with Crippen LogP contribution in [0.25, 0.3) is 0 Å². The zero-order chi connectivity index (χ0) is 14.8. The lowest BCUT2D eigenvalue weighted by Gasteiger charge is -2.33. The molecule has 1 heterocycles. The Balaban J connectivity index is 1.88. The smallest absolute Gasteiger partial charge is 0.152 e. The molecule has 0 saturated carbocycles. The van der Waals surface area contributed by atoms with E-state index >= 15 is 0 Å². The van der Waals surface area contributed by atoms with Crippen LogP contribution >= 0.6 is 0 Å². The minimum atomic E-state index is -0.297. The molecule has 3 rings (SSSR count). The first-order valence-corrected chi connectivity index (χ1v) is 7.01. The Labute approximate surface area is 123 Å². The van der Waals surface area contributed by atoms with Gasteiger partial charge in [-0.05, 0) is 31.7 Å². The molecule has 2 atom stereocenters. The number of benzene rings is 2. The van der Waals surface area contributed by atoms with Gasteiger partial charge in [0.1, 0.15) is 23.9 Å². The third kappa shape index (κ3) is 2.72. The zero-order valence-electron chi connectivity index (χ0n) is 12.1. The molecule has 2 unspecified atom stereocenters. The van der Waals surface area contributed by atoms with Crippen molar-refractivity contribution < 1.29 is 13.9 Å². The minimum Gasteiger partial charge on any atom is -0.489 e. The standard InChI is InChI=1S/C17H18FNO2/c1-11-7-8-12(18)9-15(11)21-16-10-20-14-6-4-3-5-13(14)17(16)19-2/h3-9,16-17,19H,10H2,1-2H3. The predicted octanol–water partition coefficient (Wildman–Crippen LogP) is 3.23. The number of halogens is 1. The van der Waals surface area contributed by atoms with Crippen molar-refractivity contribution in [1.29, 1.82) is 0 Å². The van der Waals surface area contributed by atoms with Crippen molar-refractivity contribution in [2.45, 2.75) is 19.1 Å². The number of nitrogens with one attached hydrogen (secondary N) is 1. The van der Waals surface area contributed by atoms with Gasteiger partial charge in [0.15, 0.2) is 6.10 Å². The molecule has 0 fully saturated rings. The second-order valence-electron chi connectivity index (χ2n) is 5.18. The topological polar surface area (TPSA) is 30.5 Å². The Morgan fingerprint density at radius 2 is 2.05 bits per heavy atom. The van der Waals surface area contributed by atoms with Gasteiger partial charge in [0.2, 0.25) is 0 Å². The first kappa shape index (κ1) is 13.9. The summed E-state index contributed by atoms with van der Waals surface area (Å²) in [6.07, 6.45) is -0.203. The number of para-hydroxylation sites is 1. The number of fused-ring (bicyclic) bond motifs is 1. The van der Waals surface area contributed by atoms with Crippen molar-refractivity contribution >= 4 is 0 Å². The van der Waals surface area contributed by atoms with Crippen LogP contribution in [-0.2, 0) is 0 Å². The molecule has 21 heavy (non-hydrogen) atoms.